The molecule has 3 aromatic rings. The van der Waals surface area contributed by atoms with E-state index in [-0.39, 0.29) is 12.6 Å². The van der Waals surface area contributed by atoms with Crippen molar-refractivity contribution in [3.8, 4) is 5.75 Å². The maximum absolute atomic E-state index is 12.6. The summed E-state index contributed by atoms with van der Waals surface area (Å²) in [5, 5.41) is 7.29. The van der Waals surface area contributed by atoms with Gasteiger partial charge in [-0.15, -0.1) is 0 Å². The lowest BCUT2D eigenvalue weighted by Crippen LogP contribution is -2.35. The molecule has 0 unspecified atom stereocenters. The quantitative estimate of drug-likeness (QED) is 0.632. The number of benzene rings is 2. The van der Waals surface area contributed by atoms with Crippen molar-refractivity contribution < 1.29 is 14.3 Å². The second kappa shape index (κ2) is 9.76. The fourth-order valence-corrected chi connectivity index (χ4v) is 3.51. The van der Waals surface area contributed by atoms with Crippen LogP contribution in [-0.4, -0.2) is 46.9 Å². The normalized spacial score (nSPS) is 14.4. The number of ether oxygens (including phenoxy) is 2. The van der Waals surface area contributed by atoms with Gasteiger partial charge in [0, 0.05) is 31.5 Å². The second-order valence-electron chi connectivity index (χ2n) is 7.83. The topological polar surface area (TPSA) is 68.6 Å². The number of carbonyl (C=O) groups is 1. The van der Waals surface area contributed by atoms with E-state index in [1.807, 2.05) is 44.2 Å². The van der Waals surface area contributed by atoms with E-state index < -0.39 is 0 Å². The van der Waals surface area contributed by atoms with Gasteiger partial charge in [-0.25, -0.2) is 4.68 Å². The Kier molecular flexibility index (Phi) is 6.64. The first-order valence-electron chi connectivity index (χ1n) is 10.5. The minimum atomic E-state index is -0.242. The number of rotatable bonds is 7. The zero-order valence-electron chi connectivity index (χ0n) is 18.0. The van der Waals surface area contributed by atoms with Crippen molar-refractivity contribution in [2.24, 2.45) is 0 Å². The Morgan fingerprint density at radius 3 is 2.81 bits per heavy atom. The Bertz CT molecular complexity index is 1040. The van der Waals surface area contributed by atoms with Crippen LogP contribution in [0.4, 0.5) is 5.69 Å². The molecule has 0 saturated carbocycles. The van der Waals surface area contributed by atoms with Crippen LogP contribution in [0.3, 0.4) is 0 Å². The molecule has 2 aromatic carbocycles. The number of amides is 1. The Morgan fingerprint density at radius 1 is 1.13 bits per heavy atom. The van der Waals surface area contributed by atoms with Gasteiger partial charge in [-0.3, -0.25) is 9.69 Å². The average molecular weight is 421 g/mol. The van der Waals surface area contributed by atoms with Gasteiger partial charge in [-0.1, -0.05) is 24.3 Å². The van der Waals surface area contributed by atoms with Gasteiger partial charge in [0.2, 0.25) is 0 Å². The number of nitrogens with one attached hydrogen (secondary N) is 1. The number of carbonyl (C=O) groups excluding carboxylic acids is 1. The van der Waals surface area contributed by atoms with E-state index in [0.29, 0.717) is 5.69 Å². The molecular weight excluding hydrogens is 392 g/mol. The smallest absolute Gasteiger partial charge is 0.276 e. The summed E-state index contributed by atoms with van der Waals surface area (Å²) in [6.07, 6.45) is 1.74. The Labute approximate surface area is 182 Å². The molecule has 1 aliphatic rings. The monoisotopic (exact) mass is 420 g/mol. The fourth-order valence-electron chi connectivity index (χ4n) is 3.51. The van der Waals surface area contributed by atoms with Crippen LogP contribution in [0.5, 0.6) is 5.75 Å². The Balaban J connectivity index is 1.34. The molecule has 2 heterocycles. The zero-order chi connectivity index (χ0) is 21.6. The van der Waals surface area contributed by atoms with Crippen LogP contribution in [0.15, 0.2) is 54.7 Å². The Morgan fingerprint density at radius 2 is 1.97 bits per heavy atom. The predicted octanol–water partition coefficient (Wildman–Crippen LogP) is 3.62. The SMILES string of the molecule is Cc1ccc(C)c(OCn2ccc(C(=O)Nc3cccc(CN4CCOCC4)c3)n2)c1. The number of aromatic nitrogens is 2. The molecule has 31 heavy (non-hydrogen) atoms. The third-order valence-electron chi connectivity index (χ3n) is 5.26. The molecule has 0 atom stereocenters. The predicted molar refractivity (Wildman–Crippen MR) is 119 cm³/mol. The van der Waals surface area contributed by atoms with Crippen LogP contribution in [0.2, 0.25) is 0 Å². The van der Waals surface area contributed by atoms with Gasteiger partial charge in [0.1, 0.15) is 5.75 Å². The summed E-state index contributed by atoms with van der Waals surface area (Å²) in [7, 11) is 0. The van der Waals surface area contributed by atoms with Crippen molar-refractivity contribution in [2.75, 3.05) is 31.6 Å². The highest BCUT2D eigenvalue weighted by molar-refractivity contribution is 6.02. The van der Waals surface area contributed by atoms with Crippen LogP contribution >= 0.6 is 0 Å². The van der Waals surface area contributed by atoms with E-state index >= 15 is 0 Å². The molecule has 0 spiro atoms. The van der Waals surface area contributed by atoms with Gasteiger partial charge < -0.3 is 14.8 Å². The number of hydrogen-bond acceptors (Lipinski definition) is 5. The van der Waals surface area contributed by atoms with Crippen LogP contribution in [0.1, 0.15) is 27.2 Å². The minimum absolute atomic E-state index is 0.242. The van der Waals surface area contributed by atoms with Crippen molar-refractivity contribution in [3.05, 3.63) is 77.1 Å². The van der Waals surface area contributed by atoms with Crippen LogP contribution in [0, 0.1) is 13.8 Å². The first-order valence-corrected chi connectivity index (χ1v) is 10.5. The molecule has 1 N–H and O–H groups in total. The number of hydrogen-bond donors (Lipinski definition) is 1. The van der Waals surface area contributed by atoms with Gasteiger partial charge in [0.25, 0.3) is 5.91 Å². The molecule has 1 aromatic heterocycles. The first kappa shape index (κ1) is 21.1. The number of aryl methyl sites for hydroxylation is 2. The van der Waals surface area contributed by atoms with Crippen LogP contribution in [-0.2, 0) is 18.0 Å². The summed E-state index contributed by atoms with van der Waals surface area (Å²) in [5.41, 5.74) is 4.47. The summed E-state index contributed by atoms with van der Waals surface area (Å²) in [5.74, 6) is 0.576. The van der Waals surface area contributed by atoms with Gasteiger partial charge in [-0.05, 0) is 54.8 Å². The highest BCUT2D eigenvalue weighted by Gasteiger charge is 2.13. The Hall–Kier alpha value is -3.16. The lowest BCUT2D eigenvalue weighted by molar-refractivity contribution is 0.0342. The van der Waals surface area contributed by atoms with Gasteiger partial charge in [-0.2, -0.15) is 5.10 Å². The van der Waals surface area contributed by atoms with E-state index in [1.54, 1.807) is 16.9 Å². The van der Waals surface area contributed by atoms with Crippen LogP contribution in [0.25, 0.3) is 0 Å². The highest BCUT2D eigenvalue weighted by Crippen LogP contribution is 2.19. The summed E-state index contributed by atoms with van der Waals surface area (Å²) in [6.45, 7) is 8.52. The van der Waals surface area contributed by atoms with E-state index in [2.05, 4.69) is 27.4 Å². The summed E-state index contributed by atoms with van der Waals surface area (Å²) in [4.78, 5) is 15.0. The van der Waals surface area contributed by atoms with Crippen molar-refractivity contribution in [1.82, 2.24) is 14.7 Å². The standard InChI is InChI=1S/C24H28N4O3/c1-18-6-7-19(2)23(14-18)31-17-28-9-8-22(26-28)24(29)25-21-5-3-4-20(15-21)16-27-10-12-30-13-11-27/h3-9,14-15H,10-13,16-17H2,1-2H3,(H,25,29). The zero-order valence-corrected chi connectivity index (χ0v) is 18.0. The van der Waals surface area contributed by atoms with E-state index in [0.717, 1.165) is 61.0 Å². The molecule has 1 fully saturated rings. The average Bonchev–Trinajstić information content (AvgIpc) is 3.25. The first-order chi connectivity index (χ1) is 15.1. The van der Waals surface area contributed by atoms with Crippen molar-refractivity contribution >= 4 is 11.6 Å². The third kappa shape index (κ3) is 5.71. The molecule has 4 rings (SSSR count). The molecular formula is C24H28N4O3. The second-order valence-corrected chi connectivity index (χ2v) is 7.83. The van der Waals surface area contributed by atoms with Crippen LogP contribution < -0.4 is 10.1 Å². The maximum Gasteiger partial charge on any atom is 0.276 e. The molecule has 7 nitrogen and oxygen atoms in total. The van der Waals surface area contributed by atoms with E-state index in [1.165, 1.54) is 0 Å². The van der Waals surface area contributed by atoms with E-state index in [9.17, 15) is 4.79 Å². The van der Waals surface area contributed by atoms with Gasteiger partial charge in [0.15, 0.2) is 12.4 Å². The maximum atomic E-state index is 12.6. The van der Waals surface area contributed by atoms with Gasteiger partial charge in [0.05, 0.1) is 13.2 Å². The fraction of sp³-hybridized carbons (Fsp3) is 0.333. The van der Waals surface area contributed by atoms with Crippen molar-refractivity contribution in [3.63, 3.8) is 0 Å². The summed E-state index contributed by atoms with van der Waals surface area (Å²) < 4.78 is 12.9. The lowest BCUT2D eigenvalue weighted by atomic mass is 10.1. The number of morpholine rings is 1. The summed E-state index contributed by atoms with van der Waals surface area (Å²) in [6, 6.07) is 15.7. The molecule has 0 bridgehead atoms. The summed E-state index contributed by atoms with van der Waals surface area (Å²) >= 11 is 0. The molecule has 1 amide bonds. The molecule has 0 radical (unpaired) electrons. The molecule has 1 saturated heterocycles. The molecule has 1 aliphatic heterocycles. The minimum Gasteiger partial charge on any atom is -0.471 e. The van der Waals surface area contributed by atoms with Crippen molar-refractivity contribution in [1.29, 1.82) is 0 Å². The highest BCUT2D eigenvalue weighted by atomic mass is 16.5. The van der Waals surface area contributed by atoms with Gasteiger partial charge >= 0.3 is 0 Å². The van der Waals surface area contributed by atoms with Crippen molar-refractivity contribution in [2.45, 2.75) is 27.1 Å². The molecule has 7 heteroatoms. The largest absolute Gasteiger partial charge is 0.471 e. The third-order valence-corrected chi connectivity index (χ3v) is 5.26. The lowest BCUT2D eigenvalue weighted by Gasteiger charge is -2.26. The number of nitrogens with zero attached hydrogens (tertiary/aromatic N) is 3. The number of anilines is 1. The molecule has 0 aliphatic carbocycles. The molecule has 162 valence electrons. The van der Waals surface area contributed by atoms with E-state index in [4.69, 9.17) is 9.47 Å².